The van der Waals surface area contributed by atoms with Crippen LogP contribution in [0.3, 0.4) is 0 Å². The molecule has 0 spiro atoms. The van der Waals surface area contributed by atoms with Crippen LogP contribution >= 0.6 is 11.3 Å². The molecule has 1 amide bonds. The van der Waals surface area contributed by atoms with Gasteiger partial charge in [-0.05, 0) is 51.5 Å². The molecule has 3 rings (SSSR count). The number of aromatic nitrogens is 2. The zero-order valence-electron chi connectivity index (χ0n) is 17.9. The Bertz CT molecular complexity index is 976. The van der Waals surface area contributed by atoms with Crippen molar-refractivity contribution in [2.24, 2.45) is 13.0 Å². The molecule has 2 aromatic rings. The molecule has 162 valence electrons. The van der Waals surface area contributed by atoms with Crippen molar-refractivity contribution in [1.29, 1.82) is 0 Å². The van der Waals surface area contributed by atoms with Crippen LogP contribution in [0.1, 0.15) is 64.0 Å². The lowest BCUT2D eigenvalue weighted by atomic mass is 9.88. The summed E-state index contributed by atoms with van der Waals surface area (Å²) in [6, 6.07) is 0. The molecule has 0 aromatic carbocycles. The van der Waals surface area contributed by atoms with E-state index in [0.29, 0.717) is 27.7 Å². The molecule has 30 heavy (non-hydrogen) atoms. The van der Waals surface area contributed by atoms with Gasteiger partial charge in [-0.25, -0.2) is 9.59 Å². The second-order valence-electron chi connectivity index (χ2n) is 7.90. The van der Waals surface area contributed by atoms with Crippen molar-refractivity contribution < 1.29 is 23.9 Å². The quantitative estimate of drug-likeness (QED) is 0.702. The molecule has 8 nitrogen and oxygen atoms in total. The molecular formula is C21H27N3O5S. The van der Waals surface area contributed by atoms with Gasteiger partial charge in [0.2, 0.25) is 0 Å². The summed E-state index contributed by atoms with van der Waals surface area (Å²) < 4.78 is 12.1. The van der Waals surface area contributed by atoms with Crippen molar-refractivity contribution in [3.05, 3.63) is 33.5 Å². The van der Waals surface area contributed by atoms with Crippen molar-refractivity contribution in [1.82, 2.24) is 9.78 Å². The van der Waals surface area contributed by atoms with Gasteiger partial charge in [-0.2, -0.15) is 5.10 Å². The highest BCUT2D eigenvalue weighted by Crippen LogP contribution is 2.40. The molecule has 1 aliphatic carbocycles. The largest absolute Gasteiger partial charge is 0.459 e. The minimum absolute atomic E-state index is 0.261. The Morgan fingerprint density at radius 2 is 2.07 bits per heavy atom. The maximum atomic E-state index is 12.7. The zero-order valence-corrected chi connectivity index (χ0v) is 18.7. The number of nitrogens with one attached hydrogen (secondary N) is 1. The van der Waals surface area contributed by atoms with Crippen molar-refractivity contribution in [2.75, 3.05) is 11.9 Å². The number of nitrogens with zero attached hydrogens (tertiary/aromatic N) is 2. The highest BCUT2D eigenvalue weighted by atomic mass is 32.1. The Morgan fingerprint density at radius 1 is 1.33 bits per heavy atom. The summed E-state index contributed by atoms with van der Waals surface area (Å²) in [5.74, 6) is -1.03. The van der Waals surface area contributed by atoms with Gasteiger partial charge in [-0.3, -0.25) is 9.48 Å². The molecule has 2 aromatic heterocycles. The fourth-order valence-corrected chi connectivity index (χ4v) is 4.81. The van der Waals surface area contributed by atoms with E-state index < -0.39 is 24.5 Å². The average Bonchev–Trinajstić information content (AvgIpc) is 3.18. The predicted octanol–water partition coefficient (Wildman–Crippen LogP) is 3.28. The predicted molar refractivity (Wildman–Crippen MR) is 113 cm³/mol. The Balaban J connectivity index is 1.73. The van der Waals surface area contributed by atoms with E-state index in [0.717, 1.165) is 29.7 Å². The Labute approximate surface area is 179 Å². The van der Waals surface area contributed by atoms with Crippen LogP contribution in [0.15, 0.2) is 6.20 Å². The van der Waals surface area contributed by atoms with Crippen LogP contribution in [-0.4, -0.2) is 40.3 Å². The Hall–Kier alpha value is -2.68. The number of carbonyl (C=O) groups excluding carboxylic acids is 3. The molecule has 1 N–H and O–H groups in total. The lowest BCUT2D eigenvalue weighted by Gasteiger charge is -2.18. The third-order valence-electron chi connectivity index (χ3n) is 5.10. The Kier molecular flexibility index (Phi) is 6.60. The molecule has 9 heteroatoms. The summed E-state index contributed by atoms with van der Waals surface area (Å²) >= 11 is 1.40. The third kappa shape index (κ3) is 4.72. The number of esters is 2. The van der Waals surface area contributed by atoms with Crippen LogP contribution in [-0.2, 0) is 34.2 Å². The summed E-state index contributed by atoms with van der Waals surface area (Å²) in [6.45, 7) is 7.04. The summed E-state index contributed by atoms with van der Waals surface area (Å²) in [7, 11) is 1.72. The number of fused-ring (bicyclic) bond motifs is 1. The molecule has 0 aliphatic heterocycles. The van der Waals surface area contributed by atoms with Crippen molar-refractivity contribution in [3.8, 4) is 0 Å². The number of ether oxygens (including phenoxy) is 2. The highest BCUT2D eigenvalue weighted by Gasteiger charge is 2.30. The van der Waals surface area contributed by atoms with Crippen LogP contribution in [0, 0.1) is 12.8 Å². The van der Waals surface area contributed by atoms with Gasteiger partial charge in [0.15, 0.2) is 6.61 Å². The minimum Gasteiger partial charge on any atom is -0.459 e. The van der Waals surface area contributed by atoms with Gasteiger partial charge in [-0.15, -0.1) is 11.3 Å². The van der Waals surface area contributed by atoms with E-state index in [9.17, 15) is 14.4 Å². The number of amides is 1. The molecule has 0 bridgehead atoms. The van der Waals surface area contributed by atoms with Crippen molar-refractivity contribution in [3.63, 3.8) is 0 Å². The normalized spacial score (nSPS) is 15.6. The first-order valence-corrected chi connectivity index (χ1v) is 10.8. The number of hydrogen-bond donors (Lipinski definition) is 1. The van der Waals surface area contributed by atoms with E-state index in [1.807, 2.05) is 0 Å². The fourth-order valence-electron chi connectivity index (χ4n) is 3.40. The van der Waals surface area contributed by atoms with Gasteiger partial charge in [0.25, 0.3) is 5.91 Å². The number of aryl methyl sites for hydroxylation is 1. The van der Waals surface area contributed by atoms with Gasteiger partial charge in [-0.1, -0.05) is 6.92 Å². The molecule has 1 aliphatic rings. The van der Waals surface area contributed by atoms with Gasteiger partial charge >= 0.3 is 11.9 Å². The van der Waals surface area contributed by atoms with Gasteiger partial charge in [0, 0.05) is 17.6 Å². The molecular weight excluding hydrogens is 406 g/mol. The molecule has 0 radical (unpaired) electrons. The topological polar surface area (TPSA) is 99.5 Å². The first kappa shape index (κ1) is 22.0. The number of anilines is 1. The number of carbonyl (C=O) groups is 3. The van der Waals surface area contributed by atoms with Crippen LogP contribution in [0.5, 0.6) is 0 Å². The van der Waals surface area contributed by atoms with Crippen LogP contribution < -0.4 is 5.32 Å². The number of thiophene rings is 1. The van der Waals surface area contributed by atoms with Crippen molar-refractivity contribution in [2.45, 2.75) is 53.1 Å². The first-order chi connectivity index (χ1) is 14.2. The summed E-state index contributed by atoms with van der Waals surface area (Å²) in [5.41, 5.74) is 2.35. The maximum absolute atomic E-state index is 12.7. The van der Waals surface area contributed by atoms with E-state index >= 15 is 0 Å². The molecule has 1 atom stereocenters. The lowest BCUT2D eigenvalue weighted by molar-refractivity contribution is -0.119. The Morgan fingerprint density at radius 3 is 2.70 bits per heavy atom. The molecule has 0 saturated heterocycles. The molecule has 0 saturated carbocycles. The van der Waals surface area contributed by atoms with Gasteiger partial charge in [0.05, 0.1) is 17.9 Å². The van der Waals surface area contributed by atoms with E-state index in [1.165, 1.54) is 17.5 Å². The monoisotopic (exact) mass is 433 g/mol. The summed E-state index contributed by atoms with van der Waals surface area (Å²) in [6.07, 6.45) is 3.78. The summed E-state index contributed by atoms with van der Waals surface area (Å²) in [4.78, 5) is 38.5. The maximum Gasteiger partial charge on any atom is 0.342 e. The minimum atomic E-state index is -0.616. The van der Waals surface area contributed by atoms with Crippen LogP contribution in [0.4, 0.5) is 5.00 Å². The van der Waals surface area contributed by atoms with Crippen LogP contribution in [0.2, 0.25) is 0 Å². The van der Waals surface area contributed by atoms with E-state index in [-0.39, 0.29) is 6.10 Å². The SMILES string of the molecule is Cc1c(C(=O)OCC(=O)Nc2sc3c(c2C(=O)OC(C)C)CCC(C)C3)cnn1C. The smallest absolute Gasteiger partial charge is 0.342 e. The second-order valence-corrected chi connectivity index (χ2v) is 9.01. The first-order valence-electron chi connectivity index (χ1n) is 9.98. The summed E-state index contributed by atoms with van der Waals surface area (Å²) in [5, 5.41) is 7.20. The molecule has 1 unspecified atom stereocenters. The fraction of sp³-hybridized carbons (Fsp3) is 0.524. The number of rotatable bonds is 6. The third-order valence-corrected chi connectivity index (χ3v) is 6.27. The molecule has 2 heterocycles. The standard InChI is InChI=1S/C21H27N3O5S/c1-11(2)29-21(27)18-14-7-6-12(3)8-16(14)30-19(18)23-17(25)10-28-20(26)15-9-22-24(5)13(15)4/h9,11-12H,6-8,10H2,1-5H3,(H,23,25). The lowest BCUT2D eigenvalue weighted by Crippen LogP contribution is -2.22. The van der Waals surface area contributed by atoms with E-state index in [2.05, 4.69) is 17.3 Å². The van der Waals surface area contributed by atoms with Gasteiger partial charge < -0.3 is 14.8 Å². The molecule has 0 fully saturated rings. The average molecular weight is 434 g/mol. The van der Waals surface area contributed by atoms with Gasteiger partial charge in [0.1, 0.15) is 10.6 Å². The number of hydrogen-bond acceptors (Lipinski definition) is 7. The van der Waals surface area contributed by atoms with Crippen LogP contribution in [0.25, 0.3) is 0 Å². The second kappa shape index (κ2) is 8.99. The van der Waals surface area contributed by atoms with E-state index in [1.54, 1.807) is 32.5 Å². The zero-order chi connectivity index (χ0) is 22.0. The highest BCUT2D eigenvalue weighted by molar-refractivity contribution is 7.17. The van der Waals surface area contributed by atoms with E-state index in [4.69, 9.17) is 9.47 Å². The van der Waals surface area contributed by atoms with Crippen molar-refractivity contribution >= 4 is 34.2 Å².